The molecule has 0 saturated carbocycles. The third kappa shape index (κ3) is 1.67. The van der Waals surface area contributed by atoms with Gasteiger partial charge in [-0.15, -0.1) is 0 Å². The summed E-state index contributed by atoms with van der Waals surface area (Å²) in [7, 11) is 0. The Bertz CT molecular complexity index is 277. The fourth-order valence-corrected chi connectivity index (χ4v) is 0.850. The third-order valence-corrected chi connectivity index (χ3v) is 1.38. The summed E-state index contributed by atoms with van der Waals surface area (Å²) in [6, 6.07) is 7.04. The third-order valence-electron chi connectivity index (χ3n) is 1.38. The number of hydrogen-bond donors (Lipinski definition) is 1. The summed E-state index contributed by atoms with van der Waals surface area (Å²) in [6.45, 7) is 0. The standard InChI is InChI=1S/C9H8O2/c10-6-5-8-3-1-2-4-9(8)7-11/h1-7,10H. The van der Waals surface area contributed by atoms with Crippen LogP contribution in [0.1, 0.15) is 15.9 Å². The second-order valence-corrected chi connectivity index (χ2v) is 2.06. The predicted octanol–water partition coefficient (Wildman–Crippen LogP) is 2.03. The molecule has 0 bridgehead atoms. The van der Waals surface area contributed by atoms with Crippen LogP contribution in [0.25, 0.3) is 6.08 Å². The van der Waals surface area contributed by atoms with Gasteiger partial charge in [-0.2, -0.15) is 0 Å². The Hall–Kier alpha value is -1.57. The monoisotopic (exact) mass is 148 g/mol. The van der Waals surface area contributed by atoms with E-state index in [2.05, 4.69) is 0 Å². The second-order valence-electron chi connectivity index (χ2n) is 2.06. The van der Waals surface area contributed by atoms with E-state index in [-0.39, 0.29) is 0 Å². The van der Waals surface area contributed by atoms with Gasteiger partial charge in [0.05, 0.1) is 6.26 Å². The highest BCUT2D eigenvalue weighted by Gasteiger charge is 1.93. The van der Waals surface area contributed by atoms with Crippen LogP contribution in [0.15, 0.2) is 30.5 Å². The first-order valence-electron chi connectivity index (χ1n) is 3.23. The molecule has 11 heavy (non-hydrogen) atoms. The first kappa shape index (κ1) is 7.54. The van der Waals surface area contributed by atoms with E-state index in [1.54, 1.807) is 18.2 Å². The van der Waals surface area contributed by atoms with Crippen molar-refractivity contribution in [2.24, 2.45) is 0 Å². The minimum absolute atomic E-state index is 0.581. The number of hydrogen-bond acceptors (Lipinski definition) is 2. The van der Waals surface area contributed by atoms with E-state index in [4.69, 9.17) is 5.11 Å². The number of carbonyl (C=O) groups excluding carboxylic acids is 1. The van der Waals surface area contributed by atoms with Crippen LogP contribution in [0.4, 0.5) is 0 Å². The van der Waals surface area contributed by atoms with Gasteiger partial charge in [-0.1, -0.05) is 24.3 Å². The molecule has 0 fully saturated rings. The van der Waals surface area contributed by atoms with Gasteiger partial charge in [0.1, 0.15) is 0 Å². The Morgan fingerprint density at radius 2 is 1.82 bits per heavy atom. The molecule has 1 aromatic carbocycles. The van der Waals surface area contributed by atoms with Crippen LogP contribution in [-0.2, 0) is 0 Å². The molecule has 0 aliphatic heterocycles. The normalized spacial score (nSPS) is 10.2. The van der Waals surface area contributed by atoms with Crippen molar-refractivity contribution in [2.45, 2.75) is 0 Å². The van der Waals surface area contributed by atoms with Gasteiger partial charge in [0.2, 0.25) is 0 Å². The van der Waals surface area contributed by atoms with Crippen molar-refractivity contribution < 1.29 is 9.90 Å². The molecule has 1 rings (SSSR count). The van der Waals surface area contributed by atoms with E-state index in [1.807, 2.05) is 6.07 Å². The Balaban J connectivity index is 3.11. The summed E-state index contributed by atoms with van der Waals surface area (Å²) >= 11 is 0. The summed E-state index contributed by atoms with van der Waals surface area (Å²) in [4.78, 5) is 10.4. The van der Waals surface area contributed by atoms with Crippen molar-refractivity contribution in [3.8, 4) is 0 Å². The van der Waals surface area contributed by atoms with Gasteiger partial charge in [-0.3, -0.25) is 4.79 Å². The molecule has 0 aromatic heterocycles. The molecule has 0 saturated heterocycles. The molecule has 0 atom stereocenters. The Morgan fingerprint density at radius 3 is 2.36 bits per heavy atom. The van der Waals surface area contributed by atoms with Crippen LogP contribution in [0.5, 0.6) is 0 Å². The lowest BCUT2D eigenvalue weighted by molar-refractivity contribution is 0.112. The Kier molecular flexibility index (Phi) is 2.44. The average Bonchev–Trinajstić information content (AvgIpc) is 2.06. The number of benzene rings is 1. The van der Waals surface area contributed by atoms with Crippen molar-refractivity contribution in [2.75, 3.05) is 0 Å². The summed E-state index contributed by atoms with van der Waals surface area (Å²) < 4.78 is 0. The van der Waals surface area contributed by atoms with Gasteiger partial charge >= 0.3 is 0 Å². The van der Waals surface area contributed by atoms with E-state index in [9.17, 15) is 4.79 Å². The summed E-state index contributed by atoms with van der Waals surface area (Å²) in [5.74, 6) is 0. The zero-order valence-corrected chi connectivity index (χ0v) is 5.90. The minimum atomic E-state index is 0.581. The quantitative estimate of drug-likeness (QED) is 0.514. The highest BCUT2D eigenvalue weighted by molar-refractivity contribution is 5.81. The van der Waals surface area contributed by atoms with Gasteiger partial charge in [0, 0.05) is 5.56 Å². The second kappa shape index (κ2) is 3.56. The largest absolute Gasteiger partial charge is 0.516 e. The maximum Gasteiger partial charge on any atom is 0.150 e. The van der Waals surface area contributed by atoms with Gasteiger partial charge < -0.3 is 5.11 Å². The molecular formula is C9H8O2. The highest BCUT2D eigenvalue weighted by Crippen LogP contribution is 2.07. The van der Waals surface area contributed by atoms with Crippen molar-refractivity contribution in [3.05, 3.63) is 41.7 Å². The average molecular weight is 148 g/mol. The molecular weight excluding hydrogens is 140 g/mol. The van der Waals surface area contributed by atoms with Crippen LogP contribution < -0.4 is 0 Å². The maximum atomic E-state index is 10.4. The summed E-state index contributed by atoms with van der Waals surface area (Å²) in [5.41, 5.74) is 1.31. The molecule has 56 valence electrons. The van der Waals surface area contributed by atoms with Crippen molar-refractivity contribution in [3.63, 3.8) is 0 Å². The van der Waals surface area contributed by atoms with E-state index in [0.29, 0.717) is 5.56 Å². The van der Waals surface area contributed by atoms with E-state index in [0.717, 1.165) is 18.1 Å². The van der Waals surface area contributed by atoms with Crippen LogP contribution in [0.3, 0.4) is 0 Å². The molecule has 1 N–H and O–H groups in total. The first-order chi connectivity index (χ1) is 5.38. The maximum absolute atomic E-state index is 10.4. The fourth-order valence-electron chi connectivity index (χ4n) is 0.850. The lowest BCUT2D eigenvalue weighted by Crippen LogP contribution is -1.83. The molecule has 0 unspecified atom stereocenters. The van der Waals surface area contributed by atoms with Crippen molar-refractivity contribution in [1.29, 1.82) is 0 Å². The van der Waals surface area contributed by atoms with Crippen LogP contribution >= 0.6 is 0 Å². The predicted molar refractivity (Wildman–Crippen MR) is 43.5 cm³/mol. The van der Waals surface area contributed by atoms with Crippen molar-refractivity contribution in [1.82, 2.24) is 0 Å². The molecule has 0 radical (unpaired) electrons. The van der Waals surface area contributed by atoms with E-state index >= 15 is 0 Å². The lowest BCUT2D eigenvalue weighted by Gasteiger charge is -1.94. The molecule has 0 amide bonds. The molecule has 0 aliphatic carbocycles. The lowest BCUT2D eigenvalue weighted by atomic mass is 10.1. The van der Waals surface area contributed by atoms with E-state index in [1.165, 1.54) is 6.08 Å². The van der Waals surface area contributed by atoms with Crippen molar-refractivity contribution >= 4 is 12.4 Å². The Morgan fingerprint density at radius 1 is 1.18 bits per heavy atom. The number of aliphatic hydroxyl groups is 1. The highest BCUT2D eigenvalue weighted by atomic mass is 16.2. The van der Waals surface area contributed by atoms with Crippen LogP contribution in [-0.4, -0.2) is 11.4 Å². The number of aliphatic hydroxyl groups excluding tert-OH is 1. The number of aldehydes is 1. The summed E-state index contributed by atoms with van der Waals surface area (Å²) in [5, 5.41) is 8.44. The molecule has 2 nitrogen and oxygen atoms in total. The molecule has 0 aliphatic rings. The van der Waals surface area contributed by atoms with Gasteiger partial charge in [-0.05, 0) is 11.6 Å². The van der Waals surface area contributed by atoms with Crippen LogP contribution in [0.2, 0.25) is 0 Å². The number of rotatable bonds is 2. The smallest absolute Gasteiger partial charge is 0.150 e. The van der Waals surface area contributed by atoms with Gasteiger partial charge in [-0.25, -0.2) is 0 Å². The minimum Gasteiger partial charge on any atom is -0.516 e. The topological polar surface area (TPSA) is 37.3 Å². The Labute approximate surface area is 64.8 Å². The summed E-state index contributed by atoms with van der Waals surface area (Å²) in [6.07, 6.45) is 3.15. The zero-order chi connectivity index (χ0) is 8.10. The molecule has 0 spiro atoms. The van der Waals surface area contributed by atoms with Gasteiger partial charge in [0.25, 0.3) is 0 Å². The fraction of sp³-hybridized carbons (Fsp3) is 0. The molecule has 1 aromatic rings. The van der Waals surface area contributed by atoms with Crippen LogP contribution in [0, 0.1) is 0 Å². The zero-order valence-electron chi connectivity index (χ0n) is 5.90. The SMILES string of the molecule is O=Cc1ccccc1C=CO. The number of carbonyl (C=O) groups is 1. The van der Waals surface area contributed by atoms with Gasteiger partial charge in [0.15, 0.2) is 6.29 Å². The first-order valence-corrected chi connectivity index (χ1v) is 3.23. The van der Waals surface area contributed by atoms with E-state index < -0.39 is 0 Å². The molecule has 0 heterocycles. The molecule has 2 heteroatoms.